The number of nitro benzene ring substituents is 1. The summed E-state index contributed by atoms with van der Waals surface area (Å²) in [6, 6.07) is 13.3. The zero-order valence-corrected chi connectivity index (χ0v) is 14.9. The molecule has 140 valence electrons. The maximum atomic E-state index is 12.8. The second-order valence-electron chi connectivity index (χ2n) is 6.50. The average molecular weight is 368 g/mol. The van der Waals surface area contributed by atoms with Crippen molar-refractivity contribution in [1.29, 1.82) is 0 Å². The number of hydrogen-bond acceptors (Lipinski definition) is 5. The number of rotatable bonds is 6. The van der Waals surface area contributed by atoms with Gasteiger partial charge in [0.2, 0.25) is 0 Å². The summed E-state index contributed by atoms with van der Waals surface area (Å²) in [5.41, 5.74) is 0.245. The van der Waals surface area contributed by atoms with E-state index in [4.69, 9.17) is 4.74 Å². The molecule has 0 unspecified atom stereocenters. The molecule has 7 heteroatoms. The van der Waals surface area contributed by atoms with Crippen LogP contribution in [0.3, 0.4) is 0 Å². The SMILES string of the molecule is CCOC(=O)c1cc(C(=O)NC2(c3ccccc3)CCC2)cc([N+](=O)[O-])c1. The first-order valence-electron chi connectivity index (χ1n) is 8.80. The number of ether oxygens (including phenoxy) is 1. The van der Waals surface area contributed by atoms with Crippen LogP contribution in [-0.4, -0.2) is 23.4 Å². The van der Waals surface area contributed by atoms with E-state index in [9.17, 15) is 19.7 Å². The molecule has 0 heterocycles. The molecule has 1 N–H and O–H groups in total. The van der Waals surface area contributed by atoms with Crippen LogP contribution in [0, 0.1) is 10.1 Å². The highest BCUT2D eigenvalue weighted by Gasteiger charge is 2.40. The van der Waals surface area contributed by atoms with Gasteiger partial charge in [-0.3, -0.25) is 14.9 Å². The number of nitrogens with one attached hydrogen (secondary N) is 1. The van der Waals surface area contributed by atoms with E-state index in [1.54, 1.807) is 6.92 Å². The molecule has 0 spiro atoms. The highest BCUT2D eigenvalue weighted by atomic mass is 16.6. The minimum absolute atomic E-state index is 0.0152. The van der Waals surface area contributed by atoms with E-state index in [-0.39, 0.29) is 23.4 Å². The van der Waals surface area contributed by atoms with Gasteiger partial charge in [0, 0.05) is 17.7 Å². The maximum Gasteiger partial charge on any atom is 0.338 e. The Morgan fingerprint density at radius 2 is 1.81 bits per heavy atom. The first-order chi connectivity index (χ1) is 12.9. The minimum atomic E-state index is -0.698. The zero-order valence-electron chi connectivity index (χ0n) is 14.9. The van der Waals surface area contributed by atoms with E-state index in [0.29, 0.717) is 0 Å². The van der Waals surface area contributed by atoms with Crippen molar-refractivity contribution in [1.82, 2.24) is 5.32 Å². The molecule has 0 aliphatic heterocycles. The van der Waals surface area contributed by atoms with Crippen LogP contribution in [-0.2, 0) is 10.3 Å². The van der Waals surface area contributed by atoms with Crippen molar-refractivity contribution < 1.29 is 19.2 Å². The summed E-state index contributed by atoms with van der Waals surface area (Å²) in [5, 5.41) is 14.2. The Kier molecular flexibility index (Phi) is 5.21. The molecule has 0 bridgehead atoms. The van der Waals surface area contributed by atoms with E-state index in [1.807, 2.05) is 30.3 Å². The van der Waals surface area contributed by atoms with Gasteiger partial charge in [-0.05, 0) is 37.8 Å². The molecule has 0 atom stereocenters. The normalized spacial score (nSPS) is 14.7. The van der Waals surface area contributed by atoms with Gasteiger partial charge in [0.05, 0.1) is 22.6 Å². The van der Waals surface area contributed by atoms with Crippen molar-refractivity contribution in [2.45, 2.75) is 31.7 Å². The summed E-state index contributed by atoms with van der Waals surface area (Å²) in [4.78, 5) is 35.4. The van der Waals surface area contributed by atoms with Crippen LogP contribution in [0.4, 0.5) is 5.69 Å². The highest BCUT2D eigenvalue weighted by molar-refractivity contribution is 5.99. The van der Waals surface area contributed by atoms with Gasteiger partial charge < -0.3 is 10.1 Å². The fraction of sp³-hybridized carbons (Fsp3) is 0.300. The van der Waals surface area contributed by atoms with Crippen molar-refractivity contribution in [2.24, 2.45) is 0 Å². The molecule has 0 saturated heterocycles. The third-order valence-corrected chi connectivity index (χ3v) is 4.79. The fourth-order valence-electron chi connectivity index (χ4n) is 3.24. The largest absolute Gasteiger partial charge is 0.462 e. The molecule has 1 fully saturated rings. The lowest BCUT2D eigenvalue weighted by molar-refractivity contribution is -0.384. The lowest BCUT2D eigenvalue weighted by Gasteiger charge is -2.43. The Balaban J connectivity index is 1.92. The van der Waals surface area contributed by atoms with Crippen LogP contribution >= 0.6 is 0 Å². The summed E-state index contributed by atoms with van der Waals surface area (Å²) in [7, 11) is 0. The van der Waals surface area contributed by atoms with E-state index < -0.39 is 22.3 Å². The van der Waals surface area contributed by atoms with E-state index in [2.05, 4.69) is 5.32 Å². The Morgan fingerprint density at radius 1 is 1.15 bits per heavy atom. The lowest BCUT2D eigenvalue weighted by atomic mass is 9.71. The van der Waals surface area contributed by atoms with Crippen molar-refractivity contribution >= 4 is 17.6 Å². The van der Waals surface area contributed by atoms with Crippen LogP contribution in [0.15, 0.2) is 48.5 Å². The van der Waals surface area contributed by atoms with Crippen LogP contribution in [0.5, 0.6) is 0 Å². The van der Waals surface area contributed by atoms with Gasteiger partial charge in [-0.15, -0.1) is 0 Å². The number of hydrogen-bond donors (Lipinski definition) is 1. The number of non-ortho nitro benzene ring substituents is 1. The Bertz CT molecular complexity index is 875. The molecular formula is C20H20N2O5. The van der Waals surface area contributed by atoms with Crippen molar-refractivity contribution in [3.8, 4) is 0 Å². The molecule has 0 radical (unpaired) electrons. The van der Waals surface area contributed by atoms with Crippen LogP contribution in [0.1, 0.15) is 52.5 Å². The van der Waals surface area contributed by atoms with Crippen molar-refractivity contribution in [3.63, 3.8) is 0 Å². The second-order valence-corrected chi connectivity index (χ2v) is 6.50. The van der Waals surface area contributed by atoms with Gasteiger partial charge >= 0.3 is 5.97 Å². The van der Waals surface area contributed by atoms with Gasteiger partial charge in [-0.25, -0.2) is 4.79 Å². The van der Waals surface area contributed by atoms with Gasteiger partial charge in [0.1, 0.15) is 0 Å². The van der Waals surface area contributed by atoms with Crippen LogP contribution in [0.2, 0.25) is 0 Å². The Labute approximate surface area is 156 Å². The summed E-state index contributed by atoms with van der Waals surface area (Å²) >= 11 is 0. The standard InChI is InChI=1S/C20H20N2O5/c1-2-27-19(24)15-11-14(12-17(13-15)22(25)26)18(23)21-20(9-6-10-20)16-7-4-3-5-8-16/h3-5,7-8,11-13H,2,6,9-10H2,1H3,(H,21,23). The number of nitrogens with zero attached hydrogens (tertiary/aromatic N) is 1. The molecule has 27 heavy (non-hydrogen) atoms. The van der Waals surface area contributed by atoms with E-state index in [0.717, 1.165) is 30.9 Å². The molecule has 2 aromatic rings. The van der Waals surface area contributed by atoms with Crippen molar-refractivity contribution in [3.05, 3.63) is 75.3 Å². The third-order valence-electron chi connectivity index (χ3n) is 4.79. The topological polar surface area (TPSA) is 98.5 Å². The quantitative estimate of drug-likeness (QED) is 0.477. The molecule has 7 nitrogen and oxygen atoms in total. The molecule has 2 aromatic carbocycles. The summed E-state index contributed by atoms with van der Waals surface area (Å²) in [5.74, 6) is -1.15. The van der Waals surface area contributed by atoms with Crippen LogP contribution in [0.25, 0.3) is 0 Å². The van der Waals surface area contributed by atoms with Gasteiger partial charge in [-0.1, -0.05) is 30.3 Å². The maximum absolute atomic E-state index is 12.8. The second kappa shape index (κ2) is 7.57. The van der Waals surface area contributed by atoms with E-state index in [1.165, 1.54) is 12.1 Å². The first-order valence-corrected chi connectivity index (χ1v) is 8.80. The smallest absolute Gasteiger partial charge is 0.338 e. The number of carbonyl (C=O) groups excluding carboxylic acids is 2. The minimum Gasteiger partial charge on any atom is -0.462 e. The fourth-order valence-corrected chi connectivity index (χ4v) is 3.24. The monoisotopic (exact) mass is 368 g/mol. The molecule has 1 saturated carbocycles. The molecule has 1 amide bonds. The summed E-state index contributed by atoms with van der Waals surface area (Å²) < 4.78 is 4.91. The predicted octanol–water partition coefficient (Wildman–Crippen LogP) is 3.58. The number of benzene rings is 2. The average Bonchev–Trinajstić information content (AvgIpc) is 2.65. The van der Waals surface area contributed by atoms with Gasteiger partial charge in [0.15, 0.2) is 0 Å². The first kappa shape index (κ1) is 18.6. The van der Waals surface area contributed by atoms with E-state index >= 15 is 0 Å². The Morgan fingerprint density at radius 3 is 2.37 bits per heavy atom. The molecular weight excluding hydrogens is 348 g/mol. The lowest BCUT2D eigenvalue weighted by Crippen LogP contribution is -2.50. The predicted molar refractivity (Wildman–Crippen MR) is 98.5 cm³/mol. The summed E-state index contributed by atoms with van der Waals surface area (Å²) in [6.45, 7) is 1.78. The molecule has 1 aliphatic carbocycles. The van der Waals surface area contributed by atoms with Crippen LogP contribution < -0.4 is 5.32 Å². The van der Waals surface area contributed by atoms with Gasteiger partial charge in [-0.2, -0.15) is 0 Å². The van der Waals surface area contributed by atoms with Crippen molar-refractivity contribution in [2.75, 3.05) is 6.61 Å². The molecule has 3 rings (SSSR count). The summed E-state index contributed by atoms with van der Waals surface area (Å²) in [6.07, 6.45) is 2.57. The number of esters is 1. The van der Waals surface area contributed by atoms with Gasteiger partial charge in [0.25, 0.3) is 11.6 Å². The number of amides is 1. The zero-order chi connectivity index (χ0) is 19.4. The molecule has 0 aromatic heterocycles. The molecule has 1 aliphatic rings. The Hall–Kier alpha value is -3.22. The number of carbonyl (C=O) groups is 2. The number of nitro groups is 1. The third kappa shape index (κ3) is 3.81. The highest BCUT2D eigenvalue weighted by Crippen LogP contribution is 2.41.